The maximum atomic E-state index is 9.50. The summed E-state index contributed by atoms with van der Waals surface area (Å²) >= 11 is 1.57. The zero-order valence-corrected chi connectivity index (χ0v) is 10.9. The fraction of sp³-hybridized carbons (Fsp3) is 0.231. The summed E-state index contributed by atoms with van der Waals surface area (Å²) in [5, 5.41) is 14.6. The van der Waals surface area contributed by atoms with Gasteiger partial charge >= 0.3 is 0 Å². The molecule has 2 heterocycles. The molecule has 0 spiro atoms. The topological polar surface area (TPSA) is 59.2 Å². The van der Waals surface area contributed by atoms with E-state index in [4.69, 9.17) is 4.52 Å². The van der Waals surface area contributed by atoms with Gasteiger partial charge < -0.3 is 9.63 Å². The Morgan fingerprint density at radius 3 is 2.94 bits per heavy atom. The monoisotopic (exact) mass is 260 g/mol. The van der Waals surface area contributed by atoms with Crippen molar-refractivity contribution in [1.82, 2.24) is 10.1 Å². The van der Waals surface area contributed by atoms with Gasteiger partial charge in [-0.25, -0.2) is 0 Å². The van der Waals surface area contributed by atoms with Crippen LogP contribution in [0.3, 0.4) is 0 Å². The van der Waals surface area contributed by atoms with E-state index in [1.165, 1.54) is 0 Å². The van der Waals surface area contributed by atoms with Gasteiger partial charge in [0.15, 0.2) is 0 Å². The van der Waals surface area contributed by atoms with Crippen LogP contribution in [-0.4, -0.2) is 15.2 Å². The van der Waals surface area contributed by atoms with Gasteiger partial charge in [-0.2, -0.15) is 4.98 Å². The number of aryl methyl sites for hydroxylation is 2. The van der Waals surface area contributed by atoms with E-state index in [0.717, 1.165) is 26.9 Å². The van der Waals surface area contributed by atoms with Gasteiger partial charge in [0, 0.05) is 11.1 Å². The minimum atomic E-state index is 0.276. The average molecular weight is 260 g/mol. The number of aromatic hydroxyl groups is 1. The molecule has 3 rings (SSSR count). The third-order valence-corrected chi connectivity index (χ3v) is 4.15. The van der Waals surface area contributed by atoms with Crippen molar-refractivity contribution in [1.29, 1.82) is 0 Å². The molecule has 5 heteroatoms. The predicted molar refractivity (Wildman–Crippen MR) is 70.9 cm³/mol. The third kappa shape index (κ3) is 1.67. The van der Waals surface area contributed by atoms with E-state index in [-0.39, 0.29) is 5.75 Å². The van der Waals surface area contributed by atoms with Crippen LogP contribution in [0, 0.1) is 6.92 Å². The molecular formula is C13H12N2O2S. The maximum Gasteiger partial charge on any atom is 0.226 e. The molecule has 0 bridgehead atoms. The Bertz CT molecular complexity index is 715. The molecule has 1 N–H and O–H groups in total. The van der Waals surface area contributed by atoms with Crippen LogP contribution in [0.4, 0.5) is 0 Å². The van der Waals surface area contributed by atoms with Crippen LogP contribution in [0.25, 0.3) is 20.8 Å². The Balaban J connectivity index is 2.20. The summed E-state index contributed by atoms with van der Waals surface area (Å²) in [6.07, 6.45) is 0.734. The van der Waals surface area contributed by atoms with E-state index in [1.54, 1.807) is 23.5 Å². The van der Waals surface area contributed by atoms with Crippen LogP contribution < -0.4 is 0 Å². The largest absolute Gasteiger partial charge is 0.508 e. The van der Waals surface area contributed by atoms with Crippen molar-refractivity contribution in [2.45, 2.75) is 20.3 Å². The number of fused-ring (bicyclic) bond motifs is 1. The fourth-order valence-electron chi connectivity index (χ4n) is 1.92. The van der Waals surface area contributed by atoms with E-state index < -0.39 is 0 Å². The number of nitrogens with zero attached hydrogens (tertiary/aromatic N) is 2. The van der Waals surface area contributed by atoms with E-state index in [1.807, 2.05) is 19.9 Å². The first-order valence-corrected chi connectivity index (χ1v) is 6.55. The predicted octanol–water partition coefficient (Wildman–Crippen LogP) is 3.53. The highest BCUT2D eigenvalue weighted by atomic mass is 32.1. The summed E-state index contributed by atoms with van der Waals surface area (Å²) in [5.74, 6) is 1.55. The highest BCUT2D eigenvalue weighted by Crippen LogP contribution is 2.38. The molecule has 92 valence electrons. The molecular weight excluding hydrogens is 248 g/mol. The molecule has 0 radical (unpaired) electrons. The Hall–Kier alpha value is -1.88. The molecule has 0 aliphatic rings. The van der Waals surface area contributed by atoms with Gasteiger partial charge in [0.25, 0.3) is 0 Å². The molecule has 0 saturated heterocycles. The lowest BCUT2D eigenvalue weighted by Crippen LogP contribution is -1.81. The van der Waals surface area contributed by atoms with Crippen molar-refractivity contribution in [3.8, 4) is 16.5 Å². The Labute approximate surface area is 108 Å². The lowest BCUT2D eigenvalue weighted by atomic mass is 10.1. The van der Waals surface area contributed by atoms with Gasteiger partial charge in [-0.05, 0) is 36.1 Å². The van der Waals surface area contributed by atoms with Gasteiger partial charge in [0.1, 0.15) is 5.75 Å². The molecule has 0 saturated carbocycles. The van der Waals surface area contributed by atoms with Gasteiger partial charge in [-0.3, -0.25) is 0 Å². The van der Waals surface area contributed by atoms with E-state index in [2.05, 4.69) is 10.1 Å². The summed E-state index contributed by atoms with van der Waals surface area (Å²) in [4.78, 5) is 5.35. The Morgan fingerprint density at radius 2 is 2.22 bits per heavy atom. The zero-order valence-electron chi connectivity index (χ0n) is 10.1. The quantitative estimate of drug-likeness (QED) is 0.765. The van der Waals surface area contributed by atoms with Crippen molar-refractivity contribution in [3.05, 3.63) is 29.7 Å². The van der Waals surface area contributed by atoms with Crippen LogP contribution >= 0.6 is 11.3 Å². The number of benzene rings is 1. The second kappa shape index (κ2) is 4.10. The van der Waals surface area contributed by atoms with Gasteiger partial charge in [-0.15, -0.1) is 11.3 Å². The number of phenolic OH excluding ortho intramolecular Hbond substituents is 1. The molecule has 1 aromatic carbocycles. The minimum Gasteiger partial charge on any atom is -0.508 e. The molecule has 0 atom stereocenters. The van der Waals surface area contributed by atoms with Crippen molar-refractivity contribution in [3.63, 3.8) is 0 Å². The molecule has 18 heavy (non-hydrogen) atoms. The summed E-state index contributed by atoms with van der Waals surface area (Å²) in [5.41, 5.74) is 1.12. The van der Waals surface area contributed by atoms with Crippen molar-refractivity contribution >= 4 is 21.4 Å². The second-order valence-electron chi connectivity index (χ2n) is 4.10. The lowest BCUT2D eigenvalue weighted by molar-refractivity contribution is 0.383. The van der Waals surface area contributed by atoms with E-state index in [9.17, 15) is 5.11 Å². The first-order chi connectivity index (χ1) is 8.69. The SMILES string of the molecule is CCc1nc(-c2sc3cc(O)ccc3c2C)no1. The maximum absolute atomic E-state index is 9.50. The van der Waals surface area contributed by atoms with Crippen LogP contribution in [0.5, 0.6) is 5.75 Å². The molecule has 0 unspecified atom stereocenters. The molecule has 0 aliphatic heterocycles. The second-order valence-corrected chi connectivity index (χ2v) is 5.15. The lowest BCUT2D eigenvalue weighted by Gasteiger charge is -1.93. The van der Waals surface area contributed by atoms with Crippen LogP contribution in [0.15, 0.2) is 22.7 Å². The number of phenols is 1. The van der Waals surface area contributed by atoms with Crippen molar-refractivity contribution in [2.24, 2.45) is 0 Å². The summed E-state index contributed by atoms with van der Waals surface area (Å²) in [7, 11) is 0. The van der Waals surface area contributed by atoms with Gasteiger partial charge in [-0.1, -0.05) is 12.1 Å². The van der Waals surface area contributed by atoms with E-state index in [0.29, 0.717) is 11.7 Å². The zero-order chi connectivity index (χ0) is 12.7. The normalized spacial score (nSPS) is 11.2. The summed E-state index contributed by atoms with van der Waals surface area (Å²) < 4.78 is 6.17. The first-order valence-electron chi connectivity index (χ1n) is 5.74. The third-order valence-electron chi connectivity index (χ3n) is 2.90. The number of hydrogen-bond acceptors (Lipinski definition) is 5. The summed E-state index contributed by atoms with van der Waals surface area (Å²) in [6.45, 7) is 4.01. The van der Waals surface area contributed by atoms with Crippen LogP contribution in [0.2, 0.25) is 0 Å². The van der Waals surface area contributed by atoms with Gasteiger partial charge in [0.2, 0.25) is 11.7 Å². The molecule has 4 nitrogen and oxygen atoms in total. The number of thiophene rings is 1. The highest BCUT2D eigenvalue weighted by molar-refractivity contribution is 7.22. The standard InChI is InChI=1S/C13H12N2O2S/c1-3-11-14-13(15-17-11)12-7(2)9-5-4-8(16)6-10(9)18-12/h4-6,16H,3H2,1-2H3. The minimum absolute atomic E-state index is 0.276. The Morgan fingerprint density at radius 1 is 1.39 bits per heavy atom. The number of rotatable bonds is 2. The highest BCUT2D eigenvalue weighted by Gasteiger charge is 2.15. The fourth-order valence-corrected chi connectivity index (χ4v) is 3.09. The Kier molecular flexibility index (Phi) is 2.56. The molecule has 0 aliphatic carbocycles. The van der Waals surface area contributed by atoms with Crippen molar-refractivity contribution < 1.29 is 9.63 Å². The average Bonchev–Trinajstić information content (AvgIpc) is 2.94. The van der Waals surface area contributed by atoms with E-state index >= 15 is 0 Å². The van der Waals surface area contributed by atoms with Crippen molar-refractivity contribution in [2.75, 3.05) is 0 Å². The number of hydrogen-bond donors (Lipinski definition) is 1. The smallest absolute Gasteiger partial charge is 0.226 e. The van der Waals surface area contributed by atoms with Crippen LogP contribution in [0.1, 0.15) is 18.4 Å². The molecule has 0 amide bonds. The molecule has 3 aromatic rings. The first kappa shape index (κ1) is 11.2. The summed E-state index contributed by atoms with van der Waals surface area (Å²) in [6, 6.07) is 5.37. The number of aromatic nitrogens is 2. The molecule has 2 aromatic heterocycles. The molecule has 0 fully saturated rings. The van der Waals surface area contributed by atoms with Gasteiger partial charge in [0.05, 0.1) is 4.88 Å². The van der Waals surface area contributed by atoms with Crippen LogP contribution in [-0.2, 0) is 6.42 Å².